The number of furan rings is 1. The molecule has 72 heavy (non-hydrogen) atoms. The van der Waals surface area contributed by atoms with Gasteiger partial charge in [-0.1, -0.05) is 127 Å². The number of nitrogens with zero attached hydrogens (tertiary/aromatic N) is 2. The maximum Gasteiger partial charge on any atom is 0.159 e. The van der Waals surface area contributed by atoms with Crippen molar-refractivity contribution in [2.75, 3.05) is 47.3 Å². The molecule has 1 aromatic heterocycles. The lowest BCUT2D eigenvalue weighted by Gasteiger charge is -2.34. The van der Waals surface area contributed by atoms with E-state index < -0.39 is 20.1 Å². The molecule has 0 saturated heterocycles. The molecule has 13 rings (SSSR count). The van der Waals surface area contributed by atoms with Crippen molar-refractivity contribution >= 4 is 108 Å². The minimum atomic E-state index is -1.26. The predicted octanol–water partition coefficient (Wildman–Crippen LogP) is 19.5. The molecule has 352 valence electrons. The van der Waals surface area contributed by atoms with Crippen LogP contribution in [-0.2, 0) is 0 Å². The van der Waals surface area contributed by atoms with E-state index in [1.54, 1.807) is 0 Å². The van der Waals surface area contributed by atoms with E-state index in [1.165, 1.54) is 53.4 Å². The van der Waals surface area contributed by atoms with E-state index in [0.717, 1.165) is 78.5 Å². The zero-order valence-corrected chi connectivity index (χ0v) is 42.9. The molecule has 12 aromatic rings. The van der Waals surface area contributed by atoms with E-state index in [1.807, 2.05) is 12.1 Å². The third kappa shape index (κ3) is 7.23. The molecule has 2 heterocycles. The van der Waals surface area contributed by atoms with Crippen LogP contribution in [0.25, 0.3) is 76.5 Å². The van der Waals surface area contributed by atoms with E-state index in [2.05, 4.69) is 254 Å². The zero-order valence-electron chi connectivity index (χ0n) is 41.3. The molecule has 0 N–H and O–H groups in total. The van der Waals surface area contributed by atoms with Crippen molar-refractivity contribution in [2.24, 2.45) is 0 Å². The second-order valence-corrected chi connectivity index (χ2v) is 28.6. The standard InChI is InChI=1S/C66H54N2O2S2/c1-71(2,3)47-34-36-49-54-41-57-51-35-33-46(67(44-23-12-8-13-24-44)59-31-20-29-53-50-28-17-19-32-61(50)69-65(53)59)39-62(51)70-66-63(72(4,5)6)38-37-52(64(57)66)55(54)42-60(56(49)40-47)68(45-25-14-9-15-26-45)58-30-18-16-27-48(58)43-21-10-7-11-22-43/h7-42H,1-6H3. The molecule has 0 fully saturated rings. The Morgan fingerprint density at radius 1 is 0.361 bits per heavy atom. The maximum atomic E-state index is 7.44. The second kappa shape index (κ2) is 16.9. The number of rotatable bonds is 9. The van der Waals surface area contributed by atoms with E-state index in [-0.39, 0.29) is 0 Å². The molecule has 11 aromatic carbocycles. The monoisotopic (exact) mass is 970 g/mol. The molecule has 0 amide bonds. The number of para-hydroxylation sites is 5. The largest absolute Gasteiger partial charge is 0.455 e. The predicted molar refractivity (Wildman–Crippen MR) is 314 cm³/mol. The Bertz CT molecular complexity index is 4100. The minimum absolute atomic E-state index is 0.835. The molecule has 0 radical (unpaired) electrons. The SMILES string of the molecule is CS(C)(C)c1ccc2c(c1)c(N(c1ccccc1)c1ccccc1-c1ccccc1)cc1c3ccc(S(C)(C)C)c4c3c(cc21)-c1ccc(N(c2ccccc2)c2cccc3c2oc2ccccc23)cc1O4. The van der Waals surface area contributed by atoms with Gasteiger partial charge in [0.15, 0.2) is 5.58 Å². The third-order valence-electron chi connectivity index (χ3n) is 14.3. The van der Waals surface area contributed by atoms with Crippen LogP contribution in [0.5, 0.6) is 11.5 Å². The highest BCUT2D eigenvalue weighted by Gasteiger charge is 2.31. The molecule has 6 heteroatoms. The Kier molecular flexibility index (Phi) is 10.3. The molecule has 1 aliphatic heterocycles. The normalized spacial score (nSPS) is 12.9. The van der Waals surface area contributed by atoms with Gasteiger partial charge in [0, 0.05) is 55.0 Å². The molecule has 4 nitrogen and oxygen atoms in total. The van der Waals surface area contributed by atoms with E-state index in [9.17, 15) is 0 Å². The molecule has 0 atom stereocenters. The van der Waals surface area contributed by atoms with Gasteiger partial charge in [0.05, 0.1) is 22.7 Å². The lowest BCUT2D eigenvalue weighted by Crippen LogP contribution is -2.12. The Morgan fingerprint density at radius 2 is 1.00 bits per heavy atom. The summed E-state index contributed by atoms with van der Waals surface area (Å²) < 4.78 is 14.1. The van der Waals surface area contributed by atoms with Crippen molar-refractivity contribution in [3.05, 3.63) is 218 Å². The summed E-state index contributed by atoms with van der Waals surface area (Å²) in [6.07, 6.45) is 14.3. The summed E-state index contributed by atoms with van der Waals surface area (Å²) in [5, 5.41) is 9.38. The van der Waals surface area contributed by atoms with Crippen molar-refractivity contribution in [3.8, 4) is 33.8 Å². The van der Waals surface area contributed by atoms with E-state index in [4.69, 9.17) is 9.15 Å². The van der Waals surface area contributed by atoms with Gasteiger partial charge < -0.3 is 19.0 Å². The molecule has 0 spiro atoms. The summed E-state index contributed by atoms with van der Waals surface area (Å²) in [6.45, 7) is 0. The van der Waals surface area contributed by atoms with Crippen LogP contribution >= 0.6 is 20.1 Å². The van der Waals surface area contributed by atoms with Gasteiger partial charge >= 0.3 is 0 Å². The van der Waals surface area contributed by atoms with E-state index in [0.29, 0.717) is 0 Å². The lowest BCUT2D eigenvalue weighted by molar-refractivity contribution is 0.475. The number of hydrogen-bond acceptors (Lipinski definition) is 4. The average molecular weight is 971 g/mol. The number of hydrogen-bond donors (Lipinski definition) is 0. The van der Waals surface area contributed by atoms with Gasteiger partial charge in [-0.05, 0) is 160 Å². The molecule has 0 unspecified atom stereocenters. The van der Waals surface area contributed by atoms with Gasteiger partial charge in [-0.2, -0.15) is 0 Å². The van der Waals surface area contributed by atoms with Gasteiger partial charge in [-0.15, -0.1) is 0 Å². The average Bonchev–Trinajstić information content (AvgIpc) is 3.79. The van der Waals surface area contributed by atoms with Gasteiger partial charge in [0.25, 0.3) is 0 Å². The van der Waals surface area contributed by atoms with Crippen molar-refractivity contribution in [2.45, 2.75) is 9.79 Å². The van der Waals surface area contributed by atoms with Crippen LogP contribution in [0, 0.1) is 0 Å². The fraction of sp³-hybridized carbons (Fsp3) is 0.0909. The fourth-order valence-corrected chi connectivity index (χ4v) is 13.0. The van der Waals surface area contributed by atoms with Gasteiger partial charge in [0.1, 0.15) is 17.1 Å². The lowest BCUT2D eigenvalue weighted by atomic mass is 9.88. The van der Waals surface area contributed by atoms with Gasteiger partial charge in [-0.25, -0.2) is 20.1 Å². The fourth-order valence-electron chi connectivity index (χ4n) is 10.9. The number of ether oxygens (including phenoxy) is 1. The molecule has 0 saturated carbocycles. The van der Waals surface area contributed by atoms with Crippen LogP contribution < -0.4 is 14.5 Å². The van der Waals surface area contributed by atoms with Crippen LogP contribution in [0.4, 0.5) is 34.1 Å². The summed E-state index contributed by atoms with van der Waals surface area (Å²) in [7, 11) is -2.34. The first-order valence-electron chi connectivity index (χ1n) is 24.4. The van der Waals surface area contributed by atoms with Gasteiger partial charge in [-0.3, -0.25) is 0 Å². The highest BCUT2D eigenvalue weighted by Crippen LogP contribution is 2.60. The quantitative estimate of drug-likeness (QED) is 0.135. The summed E-state index contributed by atoms with van der Waals surface area (Å²) in [6, 6.07) is 79.5. The number of benzene rings is 11. The van der Waals surface area contributed by atoms with Gasteiger partial charge in [0.2, 0.25) is 0 Å². The minimum Gasteiger partial charge on any atom is -0.455 e. The third-order valence-corrected chi connectivity index (χ3v) is 17.6. The van der Waals surface area contributed by atoms with Crippen molar-refractivity contribution < 1.29 is 9.15 Å². The Morgan fingerprint density at radius 3 is 1.75 bits per heavy atom. The first-order valence-corrected chi connectivity index (χ1v) is 30.2. The summed E-state index contributed by atoms with van der Waals surface area (Å²) >= 11 is 0. The van der Waals surface area contributed by atoms with Crippen molar-refractivity contribution in [1.82, 2.24) is 0 Å². The van der Waals surface area contributed by atoms with Crippen LogP contribution in [0.3, 0.4) is 0 Å². The van der Waals surface area contributed by atoms with Crippen LogP contribution in [0.1, 0.15) is 0 Å². The van der Waals surface area contributed by atoms with Crippen LogP contribution in [0.2, 0.25) is 0 Å². The second-order valence-electron chi connectivity index (χ2n) is 20.4. The molecular formula is C66H54N2O2S2. The van der Waals surface area contributed by atoms with Crippen LogP contribution in [0.15, 0.2) is 233 Å². The van der Waals surface area contributed by atoms with E-state index >= 15 is 0 Å². The zero-order chi connectivity index (χ0) is 48.9. The smallest absolute Gasteiger partial charge is 0.159 e. The van der Waals surface area contributed by atoms with Crippen molar-refractivity contribution in [1.29, 1.82) is 0 Å². The Balaban J connectivity index is 1.08. The first kappa shape index (κ1) is 44.1. The van der Waals surface area contributed by atoms with Crippen molar-refractivity contribution in [3.63, 3.8) is 0 Å². The molecule has 0 bridgehead atoms. The number of fused-ring (bicyclic) bond motifs is 9. The Labute approximate surface area is 424 Å². The maximum absolute atomic E-state index is 7.44. The molecular weight excluding hydrogens is 917 g/mol. The Hall–Kier alpha value is -7.90. The topological polar surface area (TPSA) is 28.9 Å². The number of anilines is 6. The highest BCUT2D eigenvalue weighted by atomic mass is 32.3. The molecule has 1 aliphatic rings. The summed E-state index contributed by atoms with van der Waals surface area (Å²) in [5.41, 5.74) is 12.7. The summed E-state index contributed by atoms with van der Waals surface area (Å²) in [4.78, 5) is 7.41. The summed E-state index contributed by atoms with van der Waals surface area (Å²) in [5.74, 6) is 1.78. The van der Waals surface area contributed by atoms with Crippen LogP contribution in [-0.4, -0.2) is 37.5 Å². The highest BCUT2D eigenvalue weighted by molar-refractivity contribution is 8.32. The first-order chi connectivity index (χ1) is 35.0. The molecule has 0 aliphatic carbocycles.